The van der Waals surface area contributed by atoms with Crippen molar-refractivity contribution in [3.8, 4) is 0 Å². The third-order valence-corrected chi connectivity index (χ3v) is 2.62. The first kappa shape index (κ1) is 14.7. The molecule has 1 aromatic heterocycles. The molecule has 1 aromatic rings. The van der Waals surface area contributed by atoms with E-state index in [1.807, 2.05) is 13.8 Å². The van der Waals surface area contributed by atoms with Gasteiger partial charge in [-0.3, -0.25) is 0 Å². The van der Waals surface area contributed by atoms with Gasteiger partial charge in [-0.15, -0.1) is 0 Å². The minimum absolute atomic E-state index is 0.350. The van der Waals surface area contributed by atoms with E-state index in [1.165, 1.54) is 0 Å². The maximum absolute atomic E-state index is 4.48. The quantitative estimate of drug-likeness (QED) is 0.808. The van der Waals surface area contributed by atoms with Crippen molar-refractivity contribution in [2.24, 2.45) is 0 Å². The zero-order valence-electron chi connectivity index (χ0n) is 12.3. The first-order valence-electron chi connectivity index (χ1n) is 6.44. The lowest BCUT2D eigenvalue weighted by molar-refractivity contribution is 0.392. The maximum atomic E-state index is 4.48. The second-order valence-corrected chi connectivity index (χ2v) is 4.93. The SMILES string of the molecule is CCNc1nc(C)nc(NC(C)CN(C)C)c1C. The van der Waals surface area contributed by atoms with E-state index in [-0.39, 0.29) is 0 Å². The van der Waals surface area contributed by atoms with Crippen molar-refractivity contribution >= 4 is 11.6 Å². The monoisotopic (exact) mass is 251 g/mol. The van der Waals surface area contributed by atoms with Crippen LogP contribution < -0.4 is 10.6 Å². The fraction of sp³-hybridized carbons (Fsp3) is 0.692. The predicted octanol–water partition coefficient (Wildman–Crippen LogP) is 1.89. The first-order chi connectivity index (χ1) is 8.43. The van der Waals surface area contributed by atoms with Crippen LogP contribution in [0.5, 0.6) is 0 Å². The average molecular weight is 251 g/mol. The van der Waals surface area contributed by atoms with Gasteiger partial charge in [-0.2, -0.15) is 0 Å². The highest BCUT2D eigenvalue weighted by molar-refractivity contribution is 5.57. The van der Waals surface area contributed by atoms with E-state index in [0.717, 1.165) is 36.1 Å². The molecule has 0 saturated heterocycles. The van der Waals surface area contributed by atoms with Crippen LogP contribution in [0.15, 0.2) is 0 Å². The second-order valence-electron chi connectivity index (χ2n) is 4.93. The smallest absolute Gasteiger partial charge is 0.135 e. The number of nitrogens with zero attached hydrogens (tertiary/aromatic N) is 3. The highest BCUT2D eigenvalue weighted by atomic mass is 15.1. The molecule has 1 heterocycles. The van der Waals surface area contributed by atoms with Gasteiger partial charge in [-0.25, -0.2) is 9.97 Å². The van der Waals surface area contributed by atoms with Crippen molar-refractivity contribution in [3.63, 3.8) is 0 Å². The largest absolute Gasteiger partial charge is 0.370 e. The maximum Gasteiger partial charge on any atom is 0.135 e. The molecule has 18 heavy (non-hydrogen) atoms. The van der Waals surface area contributed by atoms with Crippen LogP contribution in [0.4, 0.5) is 11.6 Å². The molecule has 0 aliphatic rings. The summed E-state index contributed by atoms with van der Waals surface area (Å²) >= 11 is 0. The van der Waals surface area contributed by atoms with Crippen molar-refractivity contribution in [1.29, 1.82) is 0 Å². The Bertz CT molecular complexity index is 389. The summed E-state index contributed by atoms with van der Waals surface area (Å²) in [4.78, 5) is 11.1. The van der Waals surface area contributed by atoms with E-state index in [2.05, 4.69) is 53.4 Å². The van der Waals surface area contributed by atoms with Crippen LogP contribution in [0, 0.1) is 13.8 Å². The molecule has 0 spiro atoms. The molecule has 1 atom stereocenters. The van der Waals surface area contributed by atoms with Crippen LogP contribution in [-0.4, -0.2) is 48.1 Å². The van der Waals surface area contributed by atoms with Gasteiger partial charge in [0.15, 0.2) is 0 Å². The Labute approximate surface area is 110 Å². The molecule has 0 radical (unpaired) electrons. The topological polar surface area (TPSA) is 53.1 Å². The summed E-state index contributed by atoms with van der Waals surface area (Å²) < 4.78 is 0. The summed E-state index contributed by atoms with van der Waals surface area (Å²) in [5, 5.41) is 6.72. The Hall–Kier alpha value is -1.36. The van der Waals surface area contributed by atoms with E-state index in [1.54, 1.807) is 0 Å². The molecule has 0 amide bonds. The van der Waals surface area contributed by atoms with Gasteiger partial charge in [0, 0.05) is 24.7 Å². The molecule has 0 bridgehead atoms. The highest BCUT2D eigenvalue weighted by Crippen LogP contribution is 2.20. The summed E-state index contributed by atoms with van der Waals surface area (Å²) in [5.41, 5.74) is 1.08. The minimum Gasteiger partial charge on any atom is -0.370 e. The molecule has 1 rings (SSSR count). The lowest BCUT2D eigenvalue weighted by atomic mass is 10.2. The van der Waals surface area contributed by atoms with E-state index in [4.69, 9.17) is 0 Å². The number of aromatic nitrogens is 2. The summed E-state index contributed by atoms with van der Waals surface area (Å²) in [6.07, 6.45) is 0. The Morgan fingerprint density at radius 3 is 2.33 bits per heavy atom. The zero-order valence-corrected chi connectivity index (χ0v) is 12.3. The lowest BCUT2D eigenvalue weighted by Crippen LogP contribution is -2.30. The molecule has 5 heteroatoms. The molecule has 0 fully saturated rings. The van der Waals surface area contributed by atoms with Crippen LogP contribution in [0.2, 0.25) is 0 Å². The summed E-state index contributed by atoms with van der Waals surface area (Å²) in [6.45, 7) is 10.0. The van der Waals surface area contributed by atoms with E-state index < -0.39 is 0 Å². The van der Waals surface area contributed by atoms with Gasteiger partial charge in [0.1, 0.15) is 17.5 Å². The molecular formula is C13H25N5. The Morgan fingerprint density at radius 1 is 1.17 bits per heavy atom. The Morgan fingerprint density at radius 2 is 1.78 bits per heavy atom. The highest BCUT2D eigenvalue weighted by Gasteiger charge is 2.11. The van der Waals surface area contributed by atoms with Crippen molar-refractivity contribution in [2.75, 3.05) is 37.8 Å². The lowest BCUT2D eigenvalue weighted by Gasteiger charge is -2.21. The van der Waals surface area contributed by atoms with E-state index >= 15 is 0 Å². The molecule has 2 N–H and O–H groups in total. The third-order valence-electron chi connectivity index (χ3n) is 2.62. The number of aryl methyl sites for hydroxylation is 1. The molecule has 0 aromatic carbocycles. The molecular weight excluding hydrogens is 226 g/mol. The Kier molecular flexibility index (Phi) is 5.34. The molecule has 1 unspecified atom stereocenters. The number of likely N-dealkylation sites (N-methyl/N-ethyl adjacent to an activating group) is 1. The zero-order chi connectivity index (χ0) is 13.7. The summed E-state index contributed by atoms with van der Waals surface area (Å²) in [6, 6.07) is 0.350. The normalized spacial score (nSPS) is 12.6. The van der Waals surface area contributed by atoms with Crippen LogP contribution >= 0.6 is 0 Å². The van der Waals surface area contributed by atoms with Gasteiger partial charge in [0.05, 0.1) is 0 Å². The fourth-order valence-electron chi connectivity index (χ4n) is 1.94. The van der Waals surface area contributed by atoms with Crippen molar-refractivity contribution in [2.45, 2.75) is 33.7 Å². The van der Waals surface area contributed by atoms with Crippen molar-refractivity contribution in [1.82, 2.24) is 14.9 Å². The molecule has 0 aliphatic carbocycles. The number of hydrogen-bond acceptors (Lipinski definition) is 5. The number of rotatable bonds is 6. The average Bonchev–Trinajstić information content (AvgIpc) is 2.23. The fourth-order valence-corrected chi connectivity index (χ4v) is 1.94. The molecule has 102 valence electrons. The van der Waals surface area contributed by atoms with Gasteiger partial charge in [-0.1, -0.05) is 0 Å². The van der Waals surface area contributed by atoms with Crippen LogP contribution in [-0.2, 0) is 0 Å². The van der Waals surface area contributed by atoms with E-state index in [0.29, 0.717) is 6.04 Å². The predicted molar refractivity (Wildman–Crippen MR) is 77.3 cm³/mol. The van der Waals surface area contributed by atoms with Crippen LogP contribution in [0.3, 0.4) is 0 Å². The first-order valence-corrected chi connectivity index (χ1v) is 6.44. The summed E-state index contributed by atoms with van der Waals surface area (Å²) in [7, 11) is 4.14. The molecule has 0 aliphatic heterocycles. The minimum atomic E-state index is 0.350. The molecule has 5 nitrogen and oxygen atoms in total. The second kappa shape index (κ2) is 6.54. The third kappa shape index (κ3) is 4.14. The Balaban J connectivity index is 2.87. The molecule has 0 saturated carbocycles. The van der Waals surface area contributed by atoms with Gasteiger partial charge in [-0.05, 0) is 41.8 Å². The van der Waals surface area contributed by atoms with Gasteiger partial charge in [0.25, 0.3) is 0 Å². The van der Waals surface area contributed by atoms with Crippen molar-refractivity contribution in [3.05, 3.63) is 11.4 Å². The summed E-state index contributed by atoms with van der Waals surface area (Å²) in [5.74, 6) is 2.63. The van der Waals surface area contributed by atoms with Crippen LogP contribution in [0.1, 0.15) is 25.2 Å². The van der Waals surface area contributed by atoms with Gasteiger partial charge < -0.3 is 15.5 Å². The number of nitrogens with one attached hydrogen (secondary N) is 2. The van der Waals surface area contributed by atoms with Crippen LogP contribution in [0.25, 0.3) is 0 Å². The van der Waals surface area contributed by atoms with Crippen molar-refractivity contribution < 1.29 is 0 Å². The standard InChI is InChI=1S/C13H25N5/c1-7-14-12-10(3)13(17-11(4)16-12)15-9(2)8-18(5)6/h9H,7-8H2,1-6H3,(H2,14,15,16,17). The number of anilines is 2. The van der Waals surface area contributed by atoms with Gasteiger partial charge >= 0.3 is 0 Å². The van der Waals surface area contributed by atoms with E-state index in [9.17, 15) is 0 Å². The van der Waals surface area contributed by atoms with Gasteiger partial charge in [0.2, 0.25) is 0 Å². The number of hydrogen-bond donors (Lipinski definition) is 2.